The van der Waals surface area contributed by atoms with Gasteiger partial charge in [-0.25, -0.2) is 4.39 Å². The Kier molecular flexibility index (Phi) is 2.88. The van der Waals surface area contributed by atoms with Gasteiger partial charge in [0.2, 0.25) is 0 Å². The largest absolute Gasteiger partial charge is 0.508 e. The zero-order valence-electron chi connectivity index (χ0n) is 8.47. The predicted octanol–water partition coefficient (Wildman–Crippen LogP) is 2.61. The van der Waals surface area contributed by atoms with Crippen molar-refractivity contribution in [3.05, 3.63) is 65.5 Å². The van der Waals surface area contributed by atoms with Gasteiger partial charge < -0.3 is 10.2 Å². The van der Waals surface area contributed by atoms with Crippen LogP contribution in [0.5, 0.6) is 5.75 Å². The maximum atomic E-state index is 12.7. The Bertz CT molecular complexity index is 480. The van der Waals surface area contributed by atoms with Gasteiger partial charge in [-0.15, -0.1) is 0 Å². The van der Waals surface area contributed by atoms with Gasteiger partial charge in [0, 0.05) is 5.56 Å². The molecule has 16 heavy (non-hydrogen) atoms. The van der Waals surface area contributed by atoms with Gasteiger partial charge in [0.05, 0.1) is 0 Å². The summed E-state index contributed by atoms with van der Waals surface area (Å²) in [4.78, 5) is 0. The number of halogens is 1. The summed E-state index contributed by atoms with van der Waals surface area (Å²) in [5.41, 5.74) is 0.956. The lowest BCUT2D eigenvalue weighted by atomic mass is 10.0. The minimum Gasteiger partial charge on any atom is -0.508 e. The Labute approximate surface area is 92.6 Å². The topological polar surface area (TPSA) is 40.5 Å². The molecule has 2 aromatic carbocycles. The highest BCUT2D eigenvalue weighted by Gasteiger charge is 2.13. The molecule has 2 N–H and O–H groups in total. The Hall–Kier alpha value is -1.87. The number of para-hydroxylation sites is 1. The molecule has 2 rings (SSSR count). The first-order valence-corrected chi connectivity index (χ1v) is 4.90. The standard InChI is InChI=1S/C13H11FO2/c14-10-7-5-9(6-8-10)13(16)11-3-1-2-4-12(11)15/h1-8,13,15-16H. The van der Waals surface area contributed by atoms with Crippen LogP contribution in [-0.2, 0) is 0 Å². The predicted molar refractivity (Wildman–Crippen MR) is 58.6 cm³/mol. The van der Waals surface area contributed by atoms with Gasteiger partial charge in [-0.05, 0) is 23.8 Å². The van der Waals surface area contributed by atoms with E-state index in [1.165, 1.54) is 30.3 Å². The number of hydrogen-bond donors (Lipinski definition) is 2. The molecule has 0 saturated heterocycles. The van der Waals surface area contributed by atoms with Crippen molar-refractivity contribution in [2.75, 3.05) is 0 Å². The molecule has 1 atom stereocenters. The maximum Gasteiger partial charge on any atom is 0.123 e. The summed E-state index contributed by atoms with van der Waals surface area (Å²) in [6, 6.07) is 12.1. The molecule has 0 heterocycles. The molecule has 0 radical (unpaired) electrons. The molecule has 2 aromatic rings. The van der Waals surface area contributed by atoms with Crippen LogP contribution in [0.2, 0.25) is 0 Å². The molecule has 0 spiro atoms. The summed E-state index contributed by atoms with van der Waals surface area (Å²) in [6.45, 7) is 0. The number of aromatic hydroxyl groups is 1. The first-order chi connectivity index (χ1) is 7.68. The molecule has 0 aliphatic heterocycles. The normalized spacial score (nSPS) is 12.4. The van der Waals surface area contributed by atoms with Gasteiger partial charge in [-0.2, -0.15) is 0 Å². The number of phenols is 1. The fourth-order valence-corrected chi connectivity index (χ4v) is 1.54. The minimum absolute atomic E-state index is 0.0272. The summed E-state index contributed by atoms with van der Waals surface area (Å²) in [7, 11) is 0. The van der Waals surface area contributed by atoms with Gasteiger partial charge in [0.1, 0.15) is 17.7 Å². The Balaban J connectivity index is 2.35. The van der Waals surface area contributed by atoms with Crippen molar-refractivity contribution in [2.45, 2.75) is 6.10 Å². The summed E-state index contributed by atoms with van der Waals surface area (Å²) >= 11 is 0. The molecule has 0 bridgehead atoms. The second-order valence-corrected chi connectivity index (χ2v) is 3.51. The van der Waals surface area contributed by atoms with E-state index in [1.807, 2.05) is 0 Å². The molecular formula is C13H11FO2. The van der Waals surface area contributed by atoms with Crippen molar-refractivity contribution in [3.8, 4) is 5.75 Å². The Morgan fingerprint density at radius 2 is 1.56 bits per heavy atom. The molecular weight excluding hydrogens is 207 g/mol. The smallest absolute Gasteiger partial charge is 0.123 e. The molecule has 82 valence electrons. The number of rotatable bonds is 2. The molecule has 0 aliphatic carbocycles. The second-order valence-electron chi connectivity index (χ2n) is 3.51. The van der Waals surface area contributed by atoms with E-state index in [1.54, 1.807) is 18.2 Å². The first-order valence-electron chi connectivity index (χ1n) is 4.90. The zero-order chi connectivity index (χ0) is 11.5. The van der Waals surface area contributed by atoms with Gasteiger partial charge in [-0.1, -0.05) is 30.3 Å². The number of phenolic OH excluding ortho intramolecular Hbond substituents is 1. The van der Waals surface area contributed by atoms with Gasteiger partial charge >= 0.3 is 0 Å². The third kappa shape index (κ3) is 2.04. The monoisotopic (exact) mass is 218 g/mol. The average Bonchev–Trinajstić information content (AvgIpc) is 2.30. The molecule has 0 saturated carbocycles. The fraction of sp³-hybridized carbons (Fsp3) is 0.0769. The van der Waals surface area contributed by atoms with Crippen LogP contribution in [0.15, 0.2) is 48.5 Å². The van der Waals surface area contributed by atoms with Crippen molar-refractivity contribution in [3.63, 3.8) is 0 Å². The third-order valence-electron chi connectivity index (χ3n) is 2.42. The summed E-state index contributed by atoms with van der Waals surface area (Å²) in [6.07, 6.45) is -0.943. The van der Waals surface area contributed by atoms with Crippen molar-refractivity contribution < 1.29 is 14.6 Å². The molecule has 3 heteroatoms. The molecule has 2 nitrogen and oxygen atoms in total. The highest BCUT2D eigenvalue weighted by Crippen LogP contribution is 2.28. The quantitative estimate of drug-likeness (QED) is 0.813. The summed E-state index contributed by atoms with van der Waals surface area (Å²) in [5, 5.41) is 19.5. The molecule has 0 fully saturated rings. The van der Waals surface area contributed by atoms with Crippen LogP contribution in [-0.4, -0.2) is 10.2 Å². The maximum absolute atomic E-state index is 12.7. The van der Waals surface area contributed by atoms with E-state index >= 15 is 0 Å². The number of hydrogen-bond acceptors (Lipinski definition) is 2. The molecule has 0 aromatic heterocycles. The molecule has 0 aliphatic rings. The fourth-order valence-electron chi connectivity index (χ4n) is 1.54. The van der Waals surface area contributed by atoms with E-state index in [4.69, 9.17) is 0 Å². The Morgan fingerprint density at radius 3 is 2.19 bits per heavy atom. The van der Waals surface area contributed by atoms with E-state index in [-0.39, 0.29) is 11.6 Å². The van der Waals surface area contributed by atoms with E-state index in [2.05, 4.69) is 0 Å². The summed E-state index contributed by atoms with van der Waals surface area (Å²) < 4.78 is 12.7. The lowest BCUT2D eigenvalue weighted by molar-refractivity contribution is 0.215. The minimum atomic E-state index is -0.943. The summed E-state index contributed by atoms with van der Waals surface area (Å²) in [5.74, 6) is -0.326. The highest BCUT2D eigenvalue weighted by molar-refractivity contribution is 5.39. The van der Waals surface area contributed by atoms with E-state index < -0.39 is 6.10 Å². The van der Waals surface area contributed by atoms with Crippen molar-refractivity contribution >= 4 is 0 Å². The van der Waals surface area contributed by atoms with Crippen LogP contribution in [0.25, 0.3) is 0 Å². The van der Waals surface area contributed by atoms with Crippen molar-refractivity contribution in [1.29, 1.82) is 0 Å². The number of aliphatic hydroxyl groups excluding tert-OH is 1. The van der Waals surface area contributed by atoms with Crippen LogP contribution in [0.1, 0.15) is 17.2 Å². The number of benzene rings is 2. The van der Waals surface area contributed by atoms with E-state index in [9.17, 15) is 14.6 Å². The van der Waals surface area contributed by atoms with Crippen LogP contribution >= 0.6 is 0 Å². The van der Waals surface area contributed by atoms with Crippen LogP contribution in [0.3, 0.4) is 0 Å². The van der Waals surface area contributed by atoms with Crippen LogP contribution < -0.4 is 0 Å². The first kappa shape index (κ1) is 10.6. The van der Waals surface area contributed by atoms with Gasteiger partial charge in [0.25, 0.3) is 0 Å². The van der Waals surface area contributed by atoms with Gasteiger partial charge in [0.15, 0.2) is 0 Å². The average molecular weight is 218 g/mol. The van der Waals surface area contributed by atoms with E-state index in [0.717, 1.165) is 0 Å². The van der Waals surface area contributed by atoms with Gasteiger partial charge in [-0.3, -0.25) is 0 Å². The van der Waals surface area contributed by atoms with Crippen LogP contribution in [0, 0.1) is 5.82 Å². The lowest BCUT2D eigenvalue weighted by Gasteiger charge is -2.12. The zero-order valence-corrected chi connectivity index (χ0v) is 8.47. The van der Waals surface area contributed by atoms with Crippen molar-refractivity contribution in [1.82, 2.24) is 0 Å². The number of aliphatic hydroxyl groups is 1. The SMILES string of the molecule is Oc1ccccc1C(O)c1ccc(F)cc1. The Morgan fingerprint density at radius 1 is 0.938 bits per heavy atom. The second kappa shape index (κ2) is 4.33. The van der Waals surface area contributed by atoms with E-state index in [0.29, 0.717) is 11.1 Å². The van der Waals surface area contributed by atoms with Crippen molar-refractivity contribution in [2.24, 2.45) is 0 Å². The van der Waals surface area contributed by atoms with Crippen LogP contribution in [0.4, 0.5) is 4.39 Å². The lowest BCUT2D eigenvalue weighted by Crippen LogP contribution is -1.99. The molecule has 0 amide bonds. The molecule has 1 unspecified atom stereocenters. The third-order valence-corrected chi connectivity index (χ3v) is 2.42. The highest BCUT2D eigenvalue weighted by atomic mass is 19.1.